The number of hydrogen-bond acceptors (Lipinski definition) is 13. The second-order valence-electron chi connectivity index (χ2n) is 23.1. The first kappa shape index (κ1) is 94.2. The van der Waals surface area contributed by atoms with Crippen LogP contribution in [-0.4, -0.2) is 58.4 Å². The topological polar surface area (TPSA) is 279 Å². The molecule has 0 aliphatic carbocycles. The van der Waals surface area contributed by atoms with E-state index in [0.717, 1.165) is 97.3 Å². The lowest BCUT2D eigenvalue weighted by molar-refractivity contribution is -0.138. The number of aliphatic hydroxyl groups is 1. The number of allylic oxidation sites excluding steroid dienone is 1. The number of aliphatic hydroxyl groups excluding tert-OH is 1. The van der Waals surface area contributed by atoms with Crippen molar-refractivity contribution >= 4 is 59.8 Å². The van der Waals surface area contributed by atoms with Gasteiger partial charge in [0.2, 0.25) is 11.1 Å². The maximum Gasteiger partial charge on any atom is 0.416 e. The molecule has 0 aliphatic heterocycles. The van der Waals surface area contributed by atoms with Gasteiger partial charge in [0.25, 0.3) is 7.81 Å². The van der Waals surface area contributed by atoms with E-state index in [0.29, 0.717) is 88.4 Å². The number of nitrogens with two attached hydrogens (primary N) is 2. The van der Waals surface area contributed by atoms with E-state index in [-0.39, 0.29) is 54.5 Å². The fourth-order valence-electron chi connectivity index (χ4n) is 9.67. The van der Waals surface area contributed by atoms with Gasteiger partial charge in [-0.2, -0.15) is 76.1 Å². The van der Waals surface area contributed by atoms with Crippen LogP contribution in [0.3, 0.4) is 0 Å². The number of urea groups is 1. The van der Waals surface area contributed by atoms with Gasteiger partial charge >= 0.3 is 42.6 Å². The van der Waals surface area contributed by atoms with Gasteiger partial charge in [0.1, 0.15) is 17.6 Å². The highest BCUT2D eigenvalue weighted by Gasteiger charge is 2.35. The molecule has 0 radical (unpaired) electrons. The van der Waals surface area contributed by atoms with Crippen molar-refractivity contribution in [2.24, 2.45) is 17.4 Å². The number of aromatic nitrogens is 6. The predicted octanol–water partition coefficient (Wildman–Crippen LogP) is 21.4. The van der Waals surface area contributed by atoms with Crippen molar-refractivity contribution in [3.05, 3.63) is 222 Å². The monoisotopic (exact) mass is 1590 g/mol. The van der Waals surface area contributed by atoms with E-state index < -0.39 is 87.9 Å². The molecule has 0 aliphatic rings. The summed E-state index contributed by atoms with van der Waals surface area (Å²) in [6.45, 7) is 16.3. The van der Waals surface area contributed by atoms with E-state index in [1.807, 2.05) is 26.8 Å². The quantitative estimate of drug-likeness (QED) is 0.0118. The predicted molar refractivity (Wildman–Crippen MR) is 380 cm³/mol. The number of aromatic amines is 1. The number of primary amides is 2. The Labute approximate surface area is 623 Å². The normalized spacial score (nSPS) is 11.7. The summed E-state index contributed by atoms with van der Waals surface area (Å²) in [4.78, 5) is 78.4. The SMILES string of the molecule is CCCC(=O)C(C)C(=O)c1cccc(C(F)(F)F)c1.CCCC(=O)C=C(O)c1cccc(C(F)(F)F)c1.CCCc1[nH]c(=O)nc(-c2cccc(C(F)(F)F)c2)c1C.CCCc1nc(C#N)nc(-c2cccc(C(F)(F)F)c2)c1C.CCCc1nc(Cl)nc(-c2cccc(C(F)(F)F)c2)c1C.NC(N)=O.O=PCl. The number of rotatable bonds is 18. The molecule has 1 unspecified atom stereocenters. The summed E-state index contributed by atoms with van der Waals surface area (Å²) in [6.07, 6.45) is -15.0. The minimum absolute atomic E-state index is 0.0192. The van der Waals surface area contributed by atoms with Crippen LogP contribution in [0.1, 0.15) is 170 Å². The number of nitriles is 1. The molecular weight excluding hydrogens is 1510 g/mol. The molecule has 0 fully saturated rings. The van der Waals surface area contributed by atoms with Crippen molar-refractivity contribution < 1.29 is 94.7 Å². The van der Waals surface area contributed by atoms with Crippen LogP contribution in [-0.2, 0) is 64.3 Å². The molecule has 108 heavy (non-hydrogen) atoms. The highest BCUT2D eigenvalue weighted by atomic mass is 35.7. The summed E-state index contributed by atoms with van der Waals surface area (Å²) < 4.78 is 199. The zero-order valence-corrected chi connectivity index (χ0v) is 61.8. The van der Waals surface area contributed by atoms with Gasteiger partial charge < -0.3 is 21.6 Å². The zero-order valence-electron chi connectivity index (χ0n) is 59.4. The van der Waals surface area contributed by atoms with E-state index in [9.17, 15) is 90.1 Å². The van der Waals surface area contributed by atoms with Gasteiger partial charge in [-0.25, -0.2) is 29.5 Å². The smallest absolute Gasteiger partial charge is 0.416 e. The number of hydrogen-bond donors (Lipinski definition) is 4. The van der Waals surface area contributed by atoms with Crippen molar-refractivity contribution in [2.45, 2.75) is 157 Å². The molecule has 0 saturated carbocycles. The third-order valence-corrected chi connectivity index (χ3v) is 15.0. The van der Waals surface area contributed by atoms with Crippen LogP contribution in [0, 0.1) is 38.0 Å². The molecule has 0 spiro atoms. The number of Topliss-reactive ketones (excluding diaryl/α,β-unsaturated/α-hetero) is 2. The number of nitrogens with one attached hydrogen (secondary N) is 1. The summed E-state index contributed by atoms with van der Waals surface area (Å²) in [5, 5.41) is 18.7. The summed E-state index contributed by atoms with van der Waals surface area (Å²) >= 11 is 10.3. The number of alkyl halides is 15. The molecule has 1 atom stereocenters. The van der Waals surface area contributed by atoms with Crippen LogP contribution in [0.5, 0.6) is 0 Å². The Hall–Kier alpha value is -9.92. The Balaban J connectivity index is 0.000000449. The fraction of sp³-hybridized carbons (Fsp3) is 0.338. The highest BCUT2D eigenvalue weighted by molar-refractivity contribution is 7.57. The summed E-state index contributed by atoms with van der Waals surface area (Å²) in [5.41, 5.74) is 10.4. The van der Waals surface area contributed by atoms with Crippen molar-refractivity contribution in [1.82, 2.24) is 29.9 Å². The standard InChI is InChI=1S/C16H14F3N3.C15H14ClF3N2.C15H15F3N2O.C14H15F3O2.C13H13F3O2.CH4N2O.ClOP/c1-3-5-13-10(2)15(22-14(9-20)21-13)11-6-4-7-12(8-11)16(17,18)19;1-3-5-12-9(2)13(21-14(16)20-12)10-6-4-7-11(8-10)15(17,18)19;1-3-5-12-9(2)13(20-14(21)19-12)10-6-4-7-11(8-10)15(16,17)18;1-3-5-12(18)9(2)13(19)10-6-4-7-11(8-10)14(15,16)17;1-2-4-11(17)8-12(18)9-5-3-6-10(7-9)13(14,15)16;2-1(3)4;1-3-2/h4,6-8H,3,5H2,1-2H3;4,6-8H,3,5H2,1-2H3;4,6-8H,3,5H2,1-2H3,(H,19,20,21);4,6-9H,3,5H2,1-2H3;3,5-8,18H,2,4H2,1H3;(H4,2,3,4);. The number of aryl methyl sites for hydroxylation is 3. The Morgan fingerprint density at radius 3 is 1.27 bits per heavy atom. The van der Waals surface area contributed by atoms with Crippen molar-refractivity contribution in [3.63, 3.8) is 0 Å². The van der Waals surface area contributed by atoms with Crippen molar-refractivity contribution in [1.29, 1.82) is 5.26 Å². The first-order chi connectivity index (χ1) is 50.3. The minimum Gasteiger partial charge on any atom is -0.507 e. The Morgan fingerprint density at radius 1 is 0.537 bits per heavy atom. The molecule has 582 valence electrons. The van der Waals surface area contributed by atoms with Gasteiger partial charge in [-0.1, -0.05) is 115 Å². The van der Waals surface area contributed by atoms with E-state index in [1.165, 1.54) is 55.5 Å². The second kappa shape index (κ2) is 43.8. The molecule has 3 heterocycles. The van der Waals surface area contributed by atoms with Crippen LogP contribution in [0.15, 0.2) is 132 Å². The molecule has 3 aromatic heterocycles. The Kier molecular flexibility index (Phi) is 38.2. The number of carbonyl (C=O) groups is 4. The molecule has 6 N–H and O–H groups in total. The van der Waals surface area contributed by atoms with E-state index >= 15 is 0 Å². The first-order valence-electron chi connectivity index (χ1n) is 32.5. The molecule has 0 saturated heterocycles. The second-order valence-corrected chi connectivity index (χ2v) is 24.0. The number of carbonyl (C=O) groups excluding carboxylic acids is 4. The Morgan fingerprint density at radius 2 is 0.889 bits per heavy atom. The summed E-state index contributed by atoms with van der Waals surface area (Å²) in [5.74, 6) is -2.49. The highest BCUT2D eigenvalue weighted by Crippen LogP contribution is 2.38. The van der Waals surface area contributed by atoms with Gasteiger partial charge in [-0.15, -0.1) is 0 Å². The largest absolute Gasteiger partial charge is 0.507 e. The van der Waals surface area contributed by atoms with Gasteiger partial charge in [0.05, 0.1) is 50.8 Å². The lowest BCUT2D eigenvalue weighted by Crippen LogP contribution is -2.21. The fourth-order valence-corrected chi connectivity index (χ4v) is 9.86. The number of benzene rings is 5. The summed E-state index contributed by atoms with van der Waals surface area (Å²) in [6, 6.07) is 24.3. The first-order valence-corrected chi connectivity index (χ1v) is 34.6. The molecule has 0 bridgehead atoms. The molecule has 2 amide bonds. The van der Waals surface area contributed by atoms with E-state index in [4.69, 9.17) is 26.2 Å². The number of amides is 2. The number of H-pyrrole nitrogens is 1. The summed E-state index contributed by atoms with van der Waals surface area (Å²) in [7, 11) is -0.361. The van der Waals surface area contributed by atoms with Crippen LogP contribution < -0.4 is 17.2 Å². The maximum absolute atomic E-state index is 12.8. The molecular formula is C74H75Cl2F15N9O7P. The third-order valence-electron chi connectivity index (χ3n) is 14.8. The third kappa shape index (κ3) is 31.1. The van der Waals surface area contributed by atoms with Crippen molar-refractivity contribution in [3.8, 4) is 39.8 Å². The zero-order chi connectivity index (χ0) is 82.2. The average molecular weight is 1590 g/mol. The number of halogens is 17. The molecule has 34 heteroatoms. The van der Waals surface area contributed by atoms with Gasteiger partial charge in [-0.05, 0) is 160 Å². The van der Waals surface area contributed by atoms with Crippen molar-refractivity contribution in [2.75, 3.05) is 0 Å². The van der Waals surface area contributed by atoms with E-state index in [1.54, 1.807) is 46.8 Å². The number of ketones is 3. The van der Waals surface area contributed by atoms with Crippen LogP contribution in [0.2, 0.25) is 5.28 Å². The number of nitrogens with zero attached hydrogens (tertiary/aromatic N) is 6. The lowest BCUT2D eigenvalue weighted by Gasteiger charge is -2.12. The molecule has 8 aromatic rings. The Bertz CT molecular complexity index is 4480. The van der Waals surface area contributed by atoms with Crippen LogP contribution in [0.4, 0.5) is 70.7 Å². The minimum atomic E-state index is -4.49. The van der Waals surface area contributed by atoms with E-state index in [2.05, 4.69) is 52.6 Å². The molecule has 16 nitrogen and oxygen atoms in total. The van der Waals surface area contributed by atoms with Gasteiger partial charge in [0.15, 0.2) is 11.6 Å². The van der Waals surface area contributed by atoms with Crippen LogP contribution in [0.25, 0.3) is 39.5 Å². The average Bonchev–Trinajstić information content (AvgIpc) is 0.809. The molecule has 5 aromatic carbocycles. The van der Waals surface area contributed by atoms with Gasteiger partial charge in [-0.3, -0.25) is 18.9 Å². The van der Waals surface area contributed by atoms with Crippen LogP contribution >= 0.6 is 30.7 Å². The maximum atomic E-state index is 12.8. The van der Waals surface area contributed by atoms with Gasteiger partial charge in [0, 0.05) is 63.8 Å². The lowest BCUT2D eigenvalue weighted by atomic mass is 9.92. The molecule has 8 rings (SSSR count).